The molecule has 0 spiro atoms. The van der Waals surface area contributed by atoms with Crippen molar-refractivity contribution in [2.45, 2.75) is 37.5 Å². The summed E-state index contributed by atoms with van der Waals surface area (Å²) in [7, 11) is 0. The molecule has 0 bridgehead atoms. The Bertz CT molecular complexity index is 584. The first-order valence-electron chi connectivity index (χ1n) is 6.29. The van der Waals surface area contributed by atoms with Crippen molar-refractivity contribution in [1.82, 2.24) is 4.98 Å². The average molecular weight is 261 g/mol. The first kappa shape index (κ1) is 11.7. The van der Waals surface area contributed by atoms with Gasteiger partial charge < -0.3 is 5.11 Å². The molecule has 1 N–H and O–H groups in total. The van der Waals surface area contributed by atoms with Crippen LogP contribution in [0.15, 0.2) is 23.7 Å². The predicted octanol–water partition coefficient (Wildman–Crippen LogP) is 3.58. The average Bonchev–Trinajstić information content (AvgIpc) is 2.86. The van der Waals surface area contributed by atoms with Crippen LogP contribution in [0.5, 0.6) is 0 Å². The zero-order valence-electron chi connectivity index (χ0n) is 10.1. The fourth-order valence-electron chi connectivity index (χ4n) is 2.94. The maximum absolute atomic E-state index is 11.7. The standard InChI is InChI=1S/C14H15NO2S/c16-13(17)14(6-2-1-3-7-14)10-4-5-12-11(8-10)15-9-18-12/h4-5,8-9H,1-3,6-7H2,(H,16,17). The van der Waals surface area contributed by atoms with Gasteiger partial charge in [-0.3, -0.25) is 4.79 Å². The fourth-order valence-corrected chi connectivity index (χ4v) is 3.60. The molecular formula is C14H15NO2S. The minimum Gasteiger partial charge on any atom is -0.481 e. The molecule has 1 aromatic carbocycles. The lowest BCUT2D eigenvalue weighted by atomic mass is 9.69. The molecule has 0 amide bonds. The molecule has 1 aliphatic rings. The number of aromatic nitrogens is 1. The number of carboxylic acid groups (broad SMARTS) is 1. The molecule has 3 rings (SSSR count). The number of benzene rings is 1. The van der Waals surface area contributed by atoms with E-state index in [1.54, 1.807) is 11.3 Å². The maximum atomic E-state index is 11.7. The number of carboxylic acids is 1. The van der Waals surface area contributed by atoms with Crippen molar-refractivity contribution in [3.8, 4) is 0 Å². The number of thiazole rings is 1. The van der Waals surface area contributed by atoms with Gasteiger partial charge in [-0.1, -0.05) is 25.3 Å². The second kappa shape index (κ2) is 4.35. The van der Waals surface area contributed by atoms with Gasteiger partial charge in [0.15, 0.2) is 0 Å². The Labute approximate surface area is 109 Å². The molecule has 1 heterocycles. The smallest absolute Gasteiger partial charge is 0.314 e. The Kier molecular flexibility index (Phi) is 2.82. The van der Waals surface area contributed by atoms with E-state index in [0.717, 1.165) is 47.9 Å². The molecule has 1 fully saturated rings. The summed E-state index contributed by atoms with van der Waals surface area (Å²) in [6.07, 6.45) is 4.65. The van der Waals surface area contributed by atoms with Crippen molar-refractivity contribution < 1.29 is 9.90 Å². The lowest BCUT2D eigenvalue weighted by molar-refractivity contribution is -0.145. The summed E-state index contributed by atoms with van der Waals surface area (Å²) in [5, 5.41) is 9.65. The van der Waals surface area contributed by atoms with E-state index in [4.69, 9.17) is 0 Å². The molecule has 0 saturated heterocycles. The monoisotopic (exact) mass is 261 g/mol. The van der Waals surface area contributed by atoms with E-state index >= 15 is 0 Å². The topological polar surface area (TPSA) is 50.2 Å². The van der Waals surface area contributed by atoms with Crippen molar-refractivity contribution in [1.29, 1.82) is 0 Å². The summed E-state index contributed by atoms with van der Waals surface area (Å²) < 4.78 is 1.12. The molecule has 1 saturated carbocycles. The van der Waals surface area contributed by atoms with Crippen LogP contribution in [0.2, 0.25) is 0 Å². The summed E-state index contributed by atoms with van der Waals surface area (Å²) in [5.74, 6) is -0.684. The molecular weight excluding hydrogens is 246 g/mol. The highest BCUT2D eigenvalue weighted by Crippen LogP contribution is 2.40. The Morgan fingerprint density at radius 2 is 2.06 bits per heavy atom. The highest BCUT2D eigenvalue weighted by molar-refractivity contribution is 7.16. The van der Waals surface area contributed by atoms with Gasteiger partial charge in [0.2, 0.25) is 0 Å². The van der Waals surface area contributed by atoms with Gasteiger partial charge in [0.1, 0.15) is 0 Å². The van der Waals surface area contributed by atoms with Crippen LogP contribution in [0, 0.1) is 0 Å². The van der Waals surface area contributed by atoms with Gasteiger partial charge in [-0.2, -0.15) is 0 Å². The number of rotatable bonds is 2. The fraction of sp³-hybridized carbons (Fsp3) is 0.429. The van der Waals surface area contributed by atoms with E-state index in [1.165, 1.54) is 0 Å². The number of nitrogens with zero attached hydrogens (tertiary/aromatic N) is 1. The van der Waals surface area contributed by atoms with Crippen LogP contribution in [0.1, 0.15) is 37.7 Å². The summed E-state index contributed by atoms with van der Waals surface area (Å²) in [5.41, 5.74) is 2.97. The molecule has 3 nitrogen and oxygen atoms in total. The number of fused-ring (bicyclic) bond motifs is 1. The second-order valence-electron chi connectivity index (χ2n) is 4.98. The SMILES string of the molecule is O=C(O)C1(c2ccc3scnc3c2)CCCCC1. The molecule has 0 unspecified atom stereocenters. The summed E-state index contributed by atoms with van der Waals surface area (Å²) in [4.78, 5) is 16.0. The zero-order valence-corrected chi connectivity index (χ0v) is 10.9. The van der Waals surface area contributed by atoms with Gasteiger partial charge in [0.25, 0.3) is 0 Å². The third kappa shape index (κ3) is 1.72. The third-order valence-electron chi connectivity index (χ3n) is 4.00. The van der Waals surface area contributed by atoms with Crippen LogP contribution in [-0.2, 0) is 10.2 Å². The quantitative estimate of drug-likeness (QED) is 0.898. The minimum atomic E-state index is -0.684. The van der Waals surface area contributed by atoms with Gasteiger partial charge in [-0.05, 0) is 30.5 Å². The molecule has 4 heteroatoms. The summed E-state index contributed by atoms with van der Waals surface area (Å²) in [6.45, 7) is 0. The Morgan fingerprint density at radius 3 is 2.78 bits per heavy atom. The first-order chi connectivity index (χ1) is 8.72. The molecule has 1 aliphatic carbocycles. The molecule has 0 aliphatic heterocycles. The van der Waals surface area contributed by atoms with Gasteiger partial charge in [-0.15, -0.1) is 11.3 Å². The van der Waals surface area contributed by atoms with E-state index in [2.05, 4.69) is 4.98 Å². The number of aliphatic carboxylic acids is 1. The van der Waals surface area contributed by atoms with Gasteiger partial charge >= 0.3 is 5.97 Å². The van der Waals surface area contributed by atoms with Crippen LogP contribution in [0.25, 0.3) is 10.2 Å². The van der Waals surface area contributed by atoms with Crippen molar-refractivity contribution in [3.05, 3.63) is 29.3 Å². The van der Waals surface area contributed by atoms with E-state index in [1.807, 2.05) is 23.7 Å². The third-order valence-corrected chi connectivity index (χ3v) is 4.81. The largest absolute Gasteiger partial charge is 0.481 e. The molecule has 2 aromatic rings. The highest BCUT2D eigenvalue weighted by Gasteiger charge is 2.41. The van der Waals surface area contributed by atoms with Gasteiger partial charge in [0, 0.05) is 0 Å². The van der Waals surface area contributed by atoms with Crippen molar-refractivity contribution in [2.75, 3.05) is 0 Å². The Morgan fingerprint density at radius 1 is 1.28 bits per heavy atom. The summed E-state index contributed by atoms with van der Waals surface area (Å²) >= 11 is 1.59. The normalized spacial score (nSPS) is 18.9. The summed E-state index contributed by atoms with van der Waals surface area (Å²) in [6, 6.07) is 5.94. The maximum Gasteiger partial charge on any atom is 0.314 e. The van der Waals surface area contributed by atoms with Crippen molar-refractivity contribution in [3.63, 3.8) is 0 Å². The van der Waals surface area contributed by atoms with Crippen LogP contribution in [-0.4, -0.2) is 16.1 Å². The van der Waals surface area contributed by atoms with E-state index in [0.29, 0.717) is 0 Å². The molecule has 0 atom stereocenters. The van der Waals surface area contributed by atoms with E-state index in [9.17, 15) is 9.90 Å². The van der Waals surface area contributed by atoms with Crippen LogP contribution in [0.3, 0.4) is 0 Å². The van der Waals surface area contributed by atoms with Crippen molar-refractivity contribution in [2.24, 2.45) is 0 Å². The van der Waals surface area contributed by atoms with E-state index < -0.39 is 11.4 Å². The van der Waals surface area contributed by atoms with Crippen LogP contribution in [0.4, 0.5) is 0 Å². The number of hydrogen-bond donors (Lipinski definition) is 1. The van der Waals surface area contributed by atoms with Gasteiger partial charge in [0.05, 0.1) is 21.1 Å². The van der Waals surface area contributed by atoms with E-state index in [-0.39, 0.29) is 0 Å². The van der Waals surface area contributed by atoms with Crippen molar-refractivity contribution >= 4 is 27.5 Å². The minimum absolute atomic E-state index is 0.684. The highest BCUT2D eigenvalue weighted by atomic mass is 32.1. The molecule has 18 heavy (non-hydrogen) atoms. The molecule has 94 valence electrons. The lowest BCUT2D eigenvalue weighted by Gasteiger charge is -2.33. The van der Waals surface area contributed by atoms with Gasteiger partial charge in [-0.25, -0.2) is 4.98 Å². The zero-order chi connectivity index (χ0) is 12.6. The lowest BCUT2D eigenvalue weighted by Crippen LogP contribution is -2.37. The molecule has 1 aromatic heterocycles. The Balaban J connectivity index is 2.11. The Hall–Kier alpha value is -1.42. The first-order valence-corrected chi connectivity index (χ1v) is 7.17. The predicted molar refractivity (Wildman–Crippen MR) is 72.0 cm³/mol. The number of carbonyl (C=O) groups is 1. The molecule has 0 radical (unpaired) electrons. The van der Waals surface area contributed by atoms with Crippen LogP contribution >= 0.6 is 11.3 Å². The second-order valence-corrected chi connectivity index (χ2v) is 5.87. The van der Waals surface area contributed by atoms with Crippen LogP contribution < -0.4 is 0 Å². The number of hydrogen-bond acceptors (Lipinski definition) is 3.